The first-order chi connectivity index (χ1) is 11.7. The molecule has 7 nitrogen and oxygen atoms in total. The highest BCUT2D eigenvalue weighted by Crippen LogP contribution is 2.22. The van der Waals surface area contributed by atoms with Gasteiger partial charge in [0.2, 0.25) is 5.91 Å². The molecule has 25 heavy (non-hydrogen) atoms. The third-order valence-electron chi connectivity index (χ3n) is 3.94. The molecule has 0 aromatic heterocycles. The zero-order chi connectivity index (χ0) is 19.3. The van der Waals surface area contributed by atoms with Crippen LogP contribution in [0, 0.1) is 5.41 Å². The molecule has 0 radical (unpaired) electrons. The van der Waals surface area contributed by atoms with Crippen LogP contribution in [0.2, 0.25) is 0 Å². The van der Waals surface area contributed by atoms with E-state index in [0.717, 1.165) is 32.1 Å². The molecule has 0 aromatic rings. The fourth-order valence-corrected chi connectivity index (χ4v) is 2.19. The molecule has 0 saturated heterocycles. The van der Waals surface area contributed by atoms with Gasteiger partial charge in [-0.2, -0.15) is 0 Å². The van der Waals surface area contributed by atoms with Gasteiger partial charge in [-0.15, -0.1) is 0 Å². The Morgan fingerprint density at radius 1 is 1.04 bits per heavy atom. The van der Waals surface area contributed by atoms with E-state index in [-0.39, 0.29) is 25.5 Å². The van der Waals surface area contributed by atoms with E-state index in [0.29, 0.717) is 12.8 Å². The molecular weight excluding hydrogens is 326 g/mol. The van der Waals surface area contributed by atoms with Crippen LogP contribution < -0.4 is 5.32 Å². The highest BCUT2D eigenvalue weighted by Gasteiger charge is 2.34. The summed E-state index contributed by atoms with van der Waals surface area (Å²) in [7, 11) is 0. The number of hydrogen-bond donors (Lipinski definition) is 3. The number of hydrogen-bond acceptors (Lipinski definition) is 5. The summed E-state index contributed by atoms with van der Waals surface area (Å²) in [5.41, 5.74) is -0.922. The third-order valence-corrected chi connectivity index (χ3v) is 3.94. The molecule has 0 bridgehead atoms. The van der Waals surface area contributed by atoms with Crippen LogP contribution in [0.25, 0.3) is 0 Å². The second-order valence-electron chi connectivity index (χ2n) is 7.00. The fourth-order valence-electron chi connectivity index (χ4n) is 2.19. The van der Waals surface area contributed by atoms with Crippen molar-refractivity contribution in [3.05, 3.63) is 0 Å². The number of carboxylic acid groups (broad SMARTS) is 1. The third kappa shape index (κ3) is 11.5. The van der Waals surface area contributed by atoms with Gasteiger partial charge >= 0.3 is 11.9 Å². The molecule has 0 spiro atoms. The monoisotopic (exact) mass is 359 g/mol. The lowest BCUT2D eigenvalue weighted by Crippen LogP contribution is -2.46. The largest absolute Gasteiger partial charge is 0.481 e. The molecule has 0 aliphatic rings. The standard InChI is InChI=1S/C18H33NO6/c1-4-5-6-7-8-11-15(22)25-13-18(2,3)16(23)17(24)19-12-9-10-14(20)21/h16,23H,4-13H2,1-3H3,(H,19,24)(H,20,21). The number of unbranched alkanes of at least 4 members (excludes halogenated alkanes) is 4. The van der Waals surface area contributed by atoms with Crippen LogP contribution in [0.4, 0.5) is 0 Å². The van der Waals surface area contributed by atoms with Crippen LogP contribution in [-0.2, 0) is 19.1 Å². The lowest BCUT2D eigenvalue weighted by Gasteiger charge is -2.29. The van der Waals surface area contributed by atoms with E-state index in [2.05, 4.69) is 12.2 Å². The minimum Gasteiger partial charge on any atom is -0.481 e. The molecule has 0 rings (SSSR count). The predicted molar refractivity (Wildman–Crippen MR) is 94.0 cm³/mol. The van der Waals surface area contributed by atoms with E-state index in [9.17, 15) is 19.5 Å². The average molecular weight is 359 g/mol. The van der Waals surface area contributed by atoms with Crippen LogP contribution >= 0.6 is 0 Å². The number of ether oxygens (including phenoxy) is 1. The molecule has 146 valence electrons. The Morgan fingerprint density at radius 2 is 1.68 bits per heavy atom. The van der Waals surface area contributed by atoms with Gasteiger partial charge in [-0.25, -0.2) is 0 Å². The van der Waals surface area contributed by atoms with Crippen LogP contribution in [-0.4, -0.2) is 47.3 Å². The number of rotatable bonds is 14. The van der Waals surface area contributed by atoms with Gasteiger partial charge in [-0.3, -0.25) is 14.4 Å². The maximum absolute atomic E-state index is 11.9. The number of amides is 1. The number of carboxylic acids is 1. The van der Waals surface area contributed by atoms with Crippen molar-refractivity contribution in [2.24, 2.45) is 5.41 Å². The Morgan fingerprint density at radius 3 is 2.28 bits per heavy atom. The van der Waals surface area contributed by atoms with Crippen molar-refractivity contribution < 1.29 is 29.3 Å². The summed E-state index contributed by atoms with van der Waals surface area (Å²) < 4.78 is 5.19. The molecule has 0 heterocycles. The van der Waals surface area contributed by atoms with E-state index in [1.165, 1.54) is 0 Å². The van der Waals surface area contributed by atoms with Crippen molar-refractivity contribution >= 4 is 17.8 Å². The Labute approximate surface area is 150 Å². The first-order valence-corrected chi connectivity index (χ1v) is 9.04. The van der Waals surface area contributed by atoms with Gasteiger partial charge in [0.1, 0.15) is 6.10 Å². The van der Waals surface area contributed by atoms with Gasteiger partial charge in [0, 0.05) is 24.8 Å². The first-order valence-electron chi connectivity index (χ1n) is 9.04. The molecule has 1 unspecified atom stereocenters. The summed E-state index contributed by atoms with van der Waals surface area (Å²) in [5, 5.41) is 21.1. The Bertz CT molecular complexity index is 422. The number of esters is 1. The highest BCUT2D eigenvalue weighted by molar-refractivity contribution is 5.81. The molecule has 7 heteroatoms. The number of carbonyl (C=O) groups is 3. The van der Waals surface area contributed by atoms with Crippen molar-refractivity contribution in [3.8, 4) is 0 Å². The predicted octanol–water partition coefficient (Wildman–Crippen LogP) is 2.26. The van der Waals surface area contributed by atoms with E-state index in [1.807, 2.05) is 0 Å². The quantitative estimate of drug-likeness (QED) is 0.324. The van der Waals surface area contributed by atoms with Crippen molar-refractivity contribution in [1.29, 1.82) is 0 Å². The molecule has 3 N–H and O–H groups in total. The SMILES string of the molecule is CCCCCCCC(=O)OCC(C)(C)C(O)C(=O)NCCCC(=O)O. The van der Waals surface area contributed by atoms with Crippen molar-refractivity contribution in [3.63, 3.8) is 0 Å². The van der Waals surface area contributed by atoms with E-state index in [1.54, 1.807) is 13.8 Å². The van der Waals surface area contributed by atoms with Gasteiger partial charge in [0.05, 0.1) is 6.61 Å². The van der Waals surface area contributed by atoms with Crippen molar-refractivity contribution in [2.75, 3.05) is 13.2 Å². The molecule has 0 saturated carbocycles. The summed E-state index contributed by atoms with van der Waals surface area (Å²) in [4.78, 5) is 34.0. The number of aliphatic carboxylic acids is 1. The minimum absolute atomic E-state index is 0.0460. The molecule has 0 aliphatic carbocycles. The lowest BCUT2D eigenvalue weighted by atomic mass is 9.87. The summed E-state index contributed by atoms with van der Waals surface area (Å²) >= 11 is 0. The zero-order valence-corrected chi connectivity index (χ0v) is 15.7. The number of nitrogens with one attached hydrogen (secondary N) is 1. The first kappa shape index (κ1) is 23.4. The molecular formula is C18H33NO6. The Balaban J connectivity index is 4.07. The highest BCUT2D eigenvalue weighted by atomic mass is 16.5. The van der Waals surface area contributed by atoms with E-state index < -0.39 is 23.4 Å². The summed E-state index contributed by atoms with van der Waals surface area (Å²) in [6.45, 7) is 5.54. The van der Waals surface area contributed by atoms with E-state index in [4.69, 9.17) is 9.84 Å². The van der Waals surface area contributed by atoms with Gasteiger partial charge in [0.25, 0.3) is 0 Å². The van der Waals surface area contributed by atoms with Crippen LogP contribution in [0.3, 0.4) is 0 Å². The minimum atomic E-state index is -1.34. The maximum Gasteiger partial charge on any atom is 0.305 e. The number of aliphatic hydroxyl groups excluding tert-OH is 1. The van der Waals surface area contributed by atoms with E-state index >= 15 is 0 Å². The summed E-state index contributed by atoms with van der Waals surface area (Å²) in [6.07, 6.45) is 4.45. The molecule has 1 atom stereocenters. The smallest absolute Gasteiger partial charge is 0.305 e. The van der Waals surface area contributed by atoms with Gasteiger partial charge < -0.3 is 20.3 Å². The molecule has 0 aromatic carbocycles. The van der Waals surface area contributed by atoms with Crippen LogP contribution in [0.5, 0.6) is 0 Å². The van der Waals surface area contributed by atoms with Gasteiger partial charge in [0.15, 0.2) is 0 Å². The summed E-state index contributed by atoms with van der Waals surface area (Å²) in [5.74, 6) is -1.85. The van der Waals surface area contributed by atoms with Crippen molar-refractivity contribution in [1.82, 2.24) is 5.32 Å². The van der Waals surface area contributed by atoms with Crippen molar-refractivity contribution in [2.45, 2.75) is 78.2 Å². The molecule has 0 aliphatic heterocycles. The van der Waals surface area contributed by atoms with Gasteiger partial charge in [-0.1, -0.05) is 46.5 Å². The molecule has 1 amide bonds. The van der Waals surface area contributed by atoms with Crippen LogP contribution in [0.1, 0.15) is 72.1 Å². The topological polar surface area (TPSA) is 113 Å². The zero-order valence-electron chi connectivity index (χ0n) is 15.7. The maximum atomic E-state index is 11.9. The summed E-state index contributed by atoms with van der Waals surface area (Å²) in [6, 6.07) is 0. The van der Waals surface area contributed by atoms with Gasteiger partial charge in [-0.05, 0) is 12.8 Å². The second kappa shape index (κ2) is 12.7. The Kier molecular flexibility index (Phi) is 11.9. The number of aliphatic hydroxyl groups is 1. The Hall–Kier alpha value is -1.63. The van der Waals surface area contributed by atoms with Crippen LogP contribution in [0.15, 0.2) is 0 Å². The fraction of sp³-hybridized carbons (Fsp3) is 0.833. The average Bonchev–Trinajstić information content (AvgIpc) is 2.55. The second-order valence-corrected chi connectivity index (χ2v) is 7.00. The lowest BCUT2D eigenvalue weighted by molar-refractivity contribution is -0.153. The molecule has 0 fully saturated rings. The normalized spacial score (nSPS) is 12.5. The number of carbonyl (C=O) groups excluding carboxylic acids is 2.